The average molecular weight is 471 g/mol. The number of halogens is 2. The number of rotatable bonds is 5. The third-order valence-electron chi connectivity index (χ3n) is 4.52. The average Bonchev–Trinajstić information content (AvgIpc) is 3.14. The summed E-state index contributed by atoms with van der Waals surface area (Å²) in [4.78, 5) is 21.0. The predicted molar refractivity (Wildman–Crippen MR) is 112 cm³/mol. The van der Waals surface area contributed by atoms with Crippen LogP contribution in [-0.2, 0) is 11.3 Å². The van der Waals surface area contributed by atoms with Gasteiger partial charge in [0.05, 0.1) is 61.8 Å². The molecule has 30 heavy (non-hydrogen) atoms. The van der Waals surface area contributed by atoms with Crippen LogP contribution < -0.4 is 4.74 Å². The van der Waals surface area contributed by atoms with E-state index in [1.165, 1.54) is 26.4 Å². The lowest BCUT2D eigenvalue weighted by Crippen LogP contribution is -2.09. The van der Waals surface area contributed by atoms with Gasteiger partial charge < -0.3 is 9.47 Å². The molecule has 0 aliphatic rings. The fourth-order valence-corrected chi connectivity index (χ4v) is 3.62. The second kappa shape index (κ2) is 8.19. The molecule has 0 aliphatic heterocycles. The van der Waals surface area contributed by atoms with Crippen LogP contribution in [0.15, 0.2) is 53.4 Å². The molecule has 4 rings (SSSR count). The zero-order valence-corrected chi connectivity index (χ0v) is 17.7. The van der Waals surface area contributed by atoms with Crippen LogP contribution in [0.1, 0.15) is 16.1 Å². The maximum Gasteiger partial charge on any atom is 0.340 e. The lowest BCUT2D eigenvalue weighted by Gasteiger charge is -2.09. The zero-order chi connectivity index (χ0) is 21.3. The number of hydrogen-bond acceptors (Lipinski definition) is 6. The van der Waals surface area contributed by atoms with Gasteiger partial charge in [0.1, 0.15) is 11.6 Å². The van der Waals surface area contributed by atoms with Gasteiger partial charge in [0.25, 0.3) is 0 Å². The summed E-state index contributed by atoms with van der Waals surface area (Å²) in [6, 6.07) is 7.92. The van der Waals surface area contributed by atoms with Gasteiger partial charge in [0.15, 0.2) is 0 Å². The highest BCUT2D eigenvalue weighted by molar-refractivity contribution is 9.10. The number of methoxy groups -OCH3 is 2. The highest BCUT2D eigenvalue weighted by Crippen LogP contribution is 2.26. The number of aromatic nitrogens is 4. The fourth-order valence-electron chi connectivity index (χ4n) is 3.15. The summed E-state index contributed by atoms with van der Waals surface area (Å²) in [5.41, 5.74) is 2.75. The normalized spacial score (nSPS) is 10.9. The summed E-state index contributed by atoms with van der Waals surface area (Å²) in [7, 11) is 2.81. The number of fused-ring (bicyclic) bond motifs is 1. The molecule has 152 valence electrons. The lowest BCUT2D eigenvalue weighted by molar-refractivity contribution is 0.0602. The largest absolute Gasteiger partial charge is 0.497 e. The van der Waals surface area contributed by atoms with E-state index in [2.05, 4.69) is 31.0 Å². The van der Waals surface area contributed by atoms with Crippen LogP contribution in [-0.4, -0.2) is 39.9 Å². The molecule has 4 aromatic rings. The summed E-state index contributed by atoms with van der Waals surface area (Å²) in [5, 5.41) is 5.17. The van der Waals surface area contributed by atoms with Crippen LogP contribution in [0.5, 0.6) is 5.75 Å². The topological polar surface area (TPSA) is 79.1 Å². The van der Waals surface area contributed by atoms with Crippen molar-refractivity contribution in [3.8, 4) is 17.0 Å². The van der Waals surface area contributed by atoms with E-state index < -0.39 is 11.8 Å². The Morgan fingerprint density at radius 2 is 1.93 bits per heavy atom. The van der Waals surface area contributed by atoms with Gasteiger partial charge in [-0.2, -0.15) is 5.10 Å². The maximum atomic E-state index is 13.8. The quantitative estimate of drug-likeness (QED) is 0.406. The Bertz CT molecular complexity index is 1240. The van der Waals surface area contributed by atoms with E-state index in [4.69, 9.17) is 9.47 Å². The first-order valence-corrected chi connectivity index (χ1v) is 9.67. The molecule has 2 aromatic carbocycles. The van der Waals surface area contributed by atoms with Crippen LogP contribution in [0.4, 0.5) is 4.39 Å². The smallest absolute Gasteiger partial charge is 0.340 e. The number of esters is 1. The first kappa shape index (κ1) is 20.0. The number of hydrogen-bond donors (Lipinski definition) is 0. The van der Waals surface area contributed by atoms with Gasteiger partial charge in [0, 0.05) is 21.5 Å². The molecule has 0 amide bonds. The Morgan fingerprint density at radius 1 is 1.10 bits per heavy atom. The Hall–Kier alpha value is -3.33. The Kier molecular flexibility index (Phi) is 5.45. The molecule has 0 atom stereocenters. The van der Waals surface area contributed by atoms with Gasteiger partial charge in [-0.05, 0) is 24.3 Å². The second-order valence-electron chi connectivity index (χ2n) is 6.46. The summed E-state index contributed by atoms with van der Waals surface area (Å²) in [6.07, 6.45) is 4.83. The van der Waals surface area contributed by atoms with Crippen LogP contribution in [0.2, 0.25) is 0 Å². The summed E-state index contributed by atoms with van der Waals surface area (Å²) in [6.45, 7) is 0.300. The molecule has 0 unspecified atom stereocenters. The highest BCUT2D eigenvalue weighted by Gasteiger charge is 2.17. The molecule has 2 heterocycles. The highest BCUT2D eigenvalue weighted by atomic mass is 79.9. The van der Waals surface area contributed by atoms with Gasteiger partial charge in [-0.25, -0.2) is 9.18 Å². The molecule has 0 bridgehead atoms. The molecular formula is C21H16BrFN4O3. The Labute approximate surface area is 179 Å². The van der Waals surface area contributed by atoms with Crippen molar-refractivity contribution in [2.75, 3.05) is 14.2 Å². The molecule has 0 spiro atoms. The Morgan fingerprint density at radius 3 is 2.63 bits per heavy atom. The molecule has 0 radical (unpaired) electrons. The first-order chi connectivity index (χ1) is 14.5. The van der Waals surface area contributed by atoms with E-state index in [0.29, 0.717) is 40.3 Å². The monoisotopic (exact) mass is 470 g/mol. The molecule has 0 saturated heterocycles. The summed E-state index contributed by atoms with van der Waals surface area (Å²) >= 11 is 3.40. The van der Waals surface area contributed by atoms with Crippen molar-refractivity contribution < 1.29 is 18.7 Å². The van der Waals surface area contributed by atoms with E-state index in [0.717, 1.165) is 9.86 Å². The van der Waals surface area contributed by atoms with Crippen molar-refractivity contribution in [2.45, 2.75) is 6.54 Å². The predicted octanol–water partition coefficient (Wildman–Crippen LogP) is 4.24. The molecule has 2 aromatic heterocycles. The molecular weight excluding hydrogens is 455 g/mol. The Balaban J connectivity index is 1.67. The maximum absolute atomic E-state index is 13.8. The van der Waals surface area contributed by atoms with Crippen LogP contribution in [0.3, 0.4) is 0 Å². The zero-order valence-electron chi connectivity index (χ0n) is 16.1. The van der Waals surface area contributed by atoms with E-state index in [9.17, 15) is 9.18 Å². The number of carbonyl (C=O) groups is 1. The van der Waals surface area contributed by atoms with Crippen molar-refractivity contribution >= 4 is 32.8 Å². The van der Waals surface area contributed by atoms with Crippen molar-refractivity contribution in [3.05, 3.63) is 70.5 Å². The van der Waals surface area contributed by atoms with E-state index in [-0.39, 0.29) is 0 Å². The second-order valence-corrected chi connectivity index (χ2v) is 7.37. The van der Waals surface area contributed by atoms with Crippen LogP contribution >= 0.6 is 15.9 Å². The summed E-state index contributed by atoms with van der Waals surface area (Å²) < 4.78 is 26.2. The third kappa shape index (κ3) is 3.88. The standard InChI is InChI=1S/C21H16BrFN4O3/c1-29-17-5-12(4-15(23)7-17)19-10-24-16(9-25-19)11-27-20-13(8-26-27)3-14(22)6-18(20)21(28)30-2/h3-10H,11H2,1-2H3. The third-order valence-corrected chi connectivity index (χ3v) is 4.98. The first-order valence-electron chi connectivity index (χ1n) is 8.87. The minimum Gasteiger partial charge on any atom is -0.497 e. The summed E-state index contributed by atoms with van der Waals surface area (Å²) in [5.74, 6) is -0.468. The molecule has 7 nitrogen and oxygen atoms in total. The SMILES string of the molecule is COC(=O)c1cc(Br)cc2cnn(Cc3cnc(-c4cc(F)cc(OC)c4)cn3)c12. The van der Waals surface area contributed by atoms with Gasteiger partial charge in [-0.3, -0.25) is 14.6 Å². The van der Waals surface area contributed by atoms with Crippen molar-refractivity contribution in [1.82, 2.24) is 19.7 Å². The molecule has 0 aliphatic carbocycles. The number of ether oxygens (including phenoxy) is 2. The van der Waals surface area contributed by atoms with Gasteiger partial charge in [-0.15, -0.1) is 0 Å². The van der Waals surface area contributed by atoms with E-state index >= 15 is 0 Å². The van der Waals surface area contributed by atoms with E-state index in [1.54, 1.807) is 35.4 Å². The van der Waals surface area contributed by atoms with Crippen molar-refractivity contribution in [3.63, 3.8) is 0 Å². The lowest BCUT2D eigenvalue weighted by atomic mass is 10.1. The van der Waals surface area contributed by atoms with Crippen molar-refractivity contribution in [1.29, 1.82) is 0 Å². The van der Waals surface area contributed by atoms with Crippen LogP contribution in [0.25, 0.3) is 22.2 Å². The molecule has 9 heteroatoms. The molecule has 0 saturated carbocycles. The van der Waals surface area contributed by atoms with Gasteiger partial charge in [-0.1, -0.05) is 15.9 Å². The number of nitrogens with zero attached hydrogens (tertiary/aromatic N) is 4. The minimum atomic E-state index is -0.454. The fraction of sp³-hybridized carbons (Fsp3) is 0.143. The molecule has 0 fully saturated rings. The number of carbonyl (C=O) groups excluding carboxylic acids is 1. The van der Waals surface area contributed by atoms with Crippen molar-refractivity contribution in [2.24, 2.45) is 0 Å². The molecule has 0 N–H and O–H groups in total. The minimum absolute atomic E-state index is 0.300. The van der Waals surface area contributed by atoms with Crippen LogP contribution in [0, 0.1) is 5.82 Å². The van der Waals surface area contributed by atoms with E-state index in [1.807, 2.05) is 6.07 Å². The van der Waals surface area contributed by atoms with Gasteiger partial charge in [0.2, 0.25) is 0 Å². The number of benzene rings is 2. The van der Waals surface area contributed by atoms with Gasteiger partial charge >= 0.3 is 5.97 Å².